The van der Waals surface area contributed by atoms with Crippen molar-refractivity contribution in [3.05, 3.63) is 48.0 Å². The van der Waals surface area contributed by atoms with Crippen molar-refractivity contribution in [2.75, 3.05) is 0 Å². The minimum atomic E-state index is -0.150. The van der Waals surface area contributed by atoms with Gasteiger partial charge in [-0.3, -0.25) is 4.79 Å². The normalized spacial score (nSPS) is 10.1. The zero-order chi connectivity index (χ0) is 12.1. The van der Waals surface area contributed by atoms with E-state index in [9.17, 15) is 9.90 Å². The molecule has 17 heavy (non-hydrogen) atoms. The average Bonchev–Trinajstić information content (AvgIpc) is 2.82. The lowest BCUT2D eigenvalue weighted by Crippen LogP contribution is -2.25. The molecule has 0 aliphatic heterocycles. The Morgan fingerprint density at radius 2 is 2.24 bits per heavy atom. The minimum Gasteiger partial charge on any atom is -0.508 e. The lowest BCUT2D eigenvalue weighted by molar-refractivity contribution is -0.120. The SMILES string of the molecule is O=C(Cc1ccccc1O)NCc1ncc[nH]1. The molecule has 1 aromatic carbocycles. The number of carbonyl (C=O) groups excluding carboxylic acids is 1. The first-order valence-electron chi connectivity index (χ1n) is 5.27. The summed E-state index contributed by atoms with van der Waals surface area (Å²) in [7, 11) is 0. The van der Waals surface area contributed by atoms with Crippen LogP contribution in [0.25, 0.3) is 0 Å². The summed E-state index contributed by atoms with van der Waals surface area (Å²) in [5.74, 6) is 0.694. The summed E-state index contributed by atoms with van der Waals surface area (Å²) >= 11 is 0. The van der Waals surface area contributed by atoms with E-state index in [1.54, 1.807) is 36.7 Å². The second-order valence-corrected chi connectivity index (χ2v) is 3.62. The molecule has 0 aliphatic carbocycles. The molecule has 2 rings (SSSR count). The van der Waals surface area contributed by atoms with Crippen LogP contribution in [0.5, 0.6) is 5.75 Å². The van der Waals surface area contributed by atoms with Gasteiger partial charge < -0.3 is 15.4 Å². The molecule has 0 aliphatic rings. The molecular weight excluding hydrogens is 218 g/mol. The van der Waals surface area contributed by atoms with Crippen molar-refractivity contribution in [2.45, 2.75) is 13.0 Å². The van der Waals surface area contributed by atoms with Gasteiger partial charge in [0, 0.05) is 18.0 Å². The molecule has 3 N–H and O–H groups in total. The molecule has 5 heteroatoms. The summed E-state index contributed by atoms with van der Waals surface area (Å²) in [5.41, 5.74) is 0.615. The molecule has 0 bridgehead atoms. The average molecular weight is 231 g/mol. The van der Waals surface area contributed by atoms with Crippen molar-refractivity contribution in [3.8, 4) is 5.75 Å². The lowest BCUT2D eigenvalue weighted by Gasteiger charge is -2.05. The Morgan fingerprint density at radius 3 is 2.94 bits per heavy atom. The number of rotatable bonds is 4. The number of benzene rings is 1. The number of aromatic nitrogens is 2. The number of nitrogens with one attached hydrogen (secondary N) is 2. The molecule has 1 amide bonds. The van der Waals surface area contributed by atoms with Gasteiger partial charge >= 0.3 is 0 Å². The topological polar surface area (TPSA) is 78.0 Å². The number of hydrogen-bond acceptors (Lipinski definition) is 3. The maximum Gasteiger partial charge on any atom is 0.224 e. The van der Waals surface area contributed by atoms with Crippen molar-refractivity contribution in [1.82, 2.24) is 15.3 Å². The van der Waals surface area contributed by atoms with E-state index in [1.165, 1.54) is 0 Å². The van der Waals surface area contributed by atoms with E-state index in [0.717, 1.165) is 0 Å². The van der Waals surface area contributed by atoms with Crippen LogP contribution in [0.2, 0.25) is 0 Å². The second kappa shape index (κ2) is 5.16. The van der Waals surface area contributed by atoms with Gasteiger partial charge in [0.25, 0.3) is 0 Å². The molecule has 0 atom stereocenters. The van der Waals surface area contributed by atoms with Crippen LogP contribution >= 0.6 is 0 Å². The van der Waals surface area contributed by atoms with Gasteiger partial charge in [0.1, 0.15) is 11.6 Å². The summed E-state index contributed by atoms with van der Waals surface area (Å²) < 4.78 is 0. The number of aromatic hydroxyl groups is 1. The van der Waals surface area contributed by atoms with Crippen LogP contribution in [0.3, 0.4) is 0 Å². The number of phenols is 1. The van der Waals surface area contributed by atoms with Crippen LogP contribution in [0.15, 0.2) is 36.7 Å². The summed E-state index contributed by atoms with van der Waals surface area (Å²) in [4.78, 5) is 18.5. The number of H-pyrrole nitrogens is 1. The highest BCUT2D eigenvalue weighted by Gasteiger charge is 2.07. The van der Waals surface area contributed by atoms with E-state index in [4.69, 9.17) is 0 Å². The number of imidazole rings is 1. The molecule has 0 spiro atoms. The van der Waals surface area contributed by atoms with E-state index in [-0.39, 0.29) is 18.1 Å². The summed E-state index contributed by atoms with van der Waals surface area (Å²) in [6, 6.07) is 6.80. The van der Waals surface area contributed by atoms with E-state index in [2.05, 4.69) is 15.3 Å². The van der Waals surface area contributed by atoms with Gasteiger partial charge in [0.2, 0.25) is 5.91 Å². The molecule has 5 nitrogen and oxygen atoms in total. The van der Waals surface area contributed by atoms with Gasteiger partial charge in [0.15, 0.2) is 0 Å². The molecule has 1 aromatic heterocycles. The molecule has 0 saturated heterocycles. The third-order valence-electron chi connectivity index (χ3n) is 2.35. The Morgan fingerprint density at radius 1 is 1.41 bits per heavy atom. The molecule has 88 valence electrons. The third-order valence-corrected chi connectivity index (χ3v) is 2.35. The molecule has 0 saturated carbocycles. The number of aromatic amines is 1. The van der Waals surface area contributed by atoms with Gasteiger partial charge in [-0.05, 0) is 6.07 Å². The number of amides is 1. The van der Waals surface area contributed by atoms with Crippen molar-refractivity contribution in [3.63, 3.8) is 0 Å². The lowest BCUT2D eigenvalue weighted by atomic mass is 10.1. The monoisotopic (exact) mass is 231 g/mol. The summed E-state index contributed by atoms with van der Waals surface area (Å²) in [5, 5.41) is 12.2. The fraction of sp³-hybridized carbons (Fsp3) is 0.167. The van der Waals surface area contributed by atoms with Crippen molar-refractivity contribution < 1.29 is 9.90 Å². The smallest absolute Gasteiger partial charge is 0.224 e. The van der Waals surface area contributed by atoms with Gasteiger partial charge in [-0.25, -0.2) is 4.98 Å². The maximum absolute atomic E-state index is 11.6. The summed E-state index contributed by atoms with van der Waals surface area (Å²) in [6.45, 7) is 0.361. The van der Waals surface area contributed by atoms with Gasteiger partial charge in [-0.2, -0.15) is 0 Å². The first kappa shape index (κ1) is 11.2. The largest absolute Gasteiger partial charge is 0.508 e. The number of carbonyl (C=O) groups is 1. The Balaban J connectivity index is 1.87. The Kier molecular flexibility index (Phi) is 3.40. The fourth-order valence-corrected chi connectivity index (χ4v) is 1.47. The number of nitrogens with zero attached hydrogens (tertiary/aromatic N) is 1. The van der Waals surface area contributed by atoms with E-state index < -0.39 is 0 Å². The van der Waals surface area contributed by atoms with Crippen molar-refractivity contribution in [1.29, 1.82) is 0 Å². The van der Waals surface area contributed by atoms with Crippen molar-refractivity contribution >= 4 is 5.91 Å². The highest BCUT2D eigenvalue weighted by Crippen LogP contribution is 2.15. The van der Waals surface area contributed by atoms with E-state index in [1.807, 2.05) is 0 Å². The molecule has 2 aromatic rings. The molecular formula is C12H13N3O2. The van der Waals surface area contributed by atoms with Crippen LogP contribution in [0, 0.1) is 0 Å². The molecule has 0 fully saturated rings. The van der Waals surface area contributed by atoms with Crippen molar-refractivity contribution in [2.24, 2.45) is 0 Å². The first-order valence-corrected chi connectivity index (χ1v) is 5.27. The fourth-order valence-electron chi connectivity index (χ4n) is 1.47. The summed E-state index contributed by atoms with van der Waals surface area (Å²) in [6.07, 6.45) is 3.49. The van der Waals surface area contributed by atoms with E-state index >= 15 is 0 Å². The predicted molar refractivity (Wildman–Crippen MR) is 62.2 cm³/mol. The maximum atomic E-state index is 11.6. The Labute approximate surface area is 98.5 Å². The number of para-hydroxylation sites is 1. The van der Waals surface area contributed by atoms with Crippen LogP contribution in [-0.4, -0.2) is 21.0 Å². The van der Waals surface area contributed by atoms with E-state index in [0.29, 0.717) is 17.9 Å². The first-order chi connectivity index (χ1) is 8.25. The third kappa shape index (κ3) is 3.07. The Bertz CT molecular complexity index is 494. The highest BCUT2D eigenvalue weighted by molar-refractivity contribution is 5.79. The molecule has 1 heterocycles. The number of phenolic OH excluding ortho intramolecular Hbond substituents is 1. The van der Waals surface area contributed by atoms with Gasteiger partial charge in [0.05, 0.1) is 13.0 Å². The van der Waals surface area contributed by atoms with Gasteiger partial charge in [-0.15, -0.1) is 0 Å². The predicted octanol–water partition coefficient (Wildman–Crippen LogP) is 0.974. The Hall–Kier alpha value is -2.30. The highest BCUT2D eigenvalue weighted by atomic mass is 16.3. The van der Waals surface area contributed by atoms with Crippen LogP contribution < -0.4 is 5.32 Å². The van der Waals surface area contributed by atoms with Crippen LogP contribution in [-0.2, 0) is 17.8 Å². The minimum absolute atomic E-state index is 0.139. The van der Waals surface area contributed by atoms with Crippen LogP contribution in [0.1, 0.15) is 11.4 Å². The standard InChI is InChI=1S/C12H13N3O2/c16-10-4-2-1-3-9(10)7-12(17)15-8-11-13-5-6-14-11/h1-6,16H,7-8H2,(H,13,14)(H,15,17). The number of hydrogen-bond donors (Lipinski definition) is 3. The van der Waals surface area contributed by atoms with Crippen LogP contribution in [0.4, 0.5) is 0 Å². The molecule has 0 radical (unpaired) electrons. The zero-order valence-electron chi connectivity index (χ0n) is 9.18. The quantitative estimate of drug-likeness (QED) is 0.733. The van der Waals surface area contributed by atoms with Gasteiger partial charge in [-0.1, -0.05) is 18.2 Å². The second-order valence-electron chi connectivity index (χ2n) is 3.62. The zero-order valence-corrected chi connectivity index (χ0v) is 9.18. The molecule has 0 unspecified atom stereocenters.